The summed E-state index contributed by atoms with van der Waals surface area (Å²) in [5, 5.41) is 5.49. The third-order valence-electron chi connectivity index (χ3n) is 25.5. The van der Waals surface area contributed by atoms with Gasteiger partial charge in [0.25, 0.3) is 5.82 Å². The lowest BCUT2D eigenvalue weighted by molar-refractivity contribution is -0.554. The first-order valence-electron chi connectivity index (χ1n) is 47.7. The topological polar surface area (TPSA) is 98.5 Å². The summed E-state index contributed by atoms with van der Waals surface area (Å²) in [7, 11) is 0.216. The number of imidazole rings is 1. The van der Waals surface area contributed by atoms with E-state index in [2.05, 4.69) is 471 Å². The molecule has 18 aromatic carbocycles. The molecular weight excluding hydrogens is 1840 g/mol. The van der Waals surface area contributed by atoms with Crippen LogP contribution >= 0.6 is 34.4 Å². The Kier molecular flexibility index (Phi) is 29.7. The molecule has 698 valence electrons. The van der Waals surface area contributed by atoms with Crippen LogP contribution in [0.15, 0.2) is 529 Å². The van der Waals surface area contributed by atoms with Gasteiger partial charge in [-0.05, 0) is 221 Å². The van der Waals surface area contributed by atoms with Crippen LogP contribution in [0.25, 0.3) is 92.3 Å². The van der Waals surface area contributed by atoms with E-state index < -0.39 is 17.9 Å². The van der Waals surface area contributed by atoms with E-state index in [0.717, 1.165) is 68.4 Å². The second-order valence-corrected chi connectivity index (χ2v) is 44.0. The highest BCUT2D eigenvalue weighted by Crippen LogP contribution is 2.49. The van der Waals surface area contributed by atoms with Crippen LogP contribution in [-0.2, 0) is 9.84 Å². The standard InChI is InChI=1S/C29H24N2Si.C26H20N2.2C17H14S.C13H11NO2S.C13H11NO.C13H11NS/c1-23-30-22-21-29(31-23)24-17-19-28(20-18-24)32(25-11-5-2-6-12-25,26-13-7-3-8-14-26)27-15-9-4-10-16-27;1-19-11-13-22(14-12-19)26-27-24-9-5-6-10-25(24)28(26)23-17-15-21(16-18-23)20-7-3-2-4-8-20;1-13-6-5-9-15(12-13)17-11-10-16(18-17)14-7-3-2-4-8-14;1-13-7-9-15(10-8-13)17-12-11-16(18-17)14-5-3-2-4-6-14;1-14-10-6-2-4-8-12(10)17(15,16)13-9-5-3-7-11(13)14;2*1-14-10-6-2-4-8-12(10)15-13-9-5-3-7-11(13)14/h2-22H,1H3;2-18H,1H3;2*2-12H,1H3;2-9H,1H3;2*2-9H,1H3/p+1. The Morgan fingerprint density at radius 3 is 1.14 bits per heavy atom. The molecule has 0 bridgehead atoms. The Morgan fingerprint density at radius 2 is 0.657 bits per heavy atom. The highest BCUT2D eigenvalue weighted by Gasteiger charge is 2.42. The number of thiophene rings is 2. The minimum Gasteiger partial charge on any atom is -0.453 e. The lowest BCUT2D eigenvalue weighted by Gasteiger charge is -2.34. The van der Waals surface area contributed by atoms with Crippen molar-refractivity contribution in [2.24, 2.45) is 0 Å². The van der Waals surface area contributed by atoms with Crippen molar-refractivity contribution in [2.45, 2.75) is 47.3 Å². The number of para-hydroxylation sites is 10. The van der Waals surface area contributed by atoms with Crippen LogP contribution in [0, 0.1) is 27.7 Å². The Balaban J connectivity index is 0.000000108. The number of aromatic amines is 1. The van der Waals surface area contributed by atoms with E-state index in [4.69, 9.17) is 4.74 Å². The molecule has 3 aliphatic rings. The molecule has 7 heterocycles. The molecule has 4 aromatic heterocycles. The molecule has 0 saturated carbocycles. The minimum absolute atomic E-state index is 0.376. The van der Waals surface area contributed by atoms with Crippen LogP contribution in [0.5, 0.6) is 11.5 Å². The summed E-state index contributed by atoms with van der Waals surface area (Å²) in [4.78, 5) is 27.5. The van der Waals surface area contributed by atoms with Crippen molar-refractivity contribution >= 4 is 118 Å². The largest absolute Gasteiger partial charge is 0.453 e. The summed E-state index contributed by atoms with van der Waals surface area (Å²) in [5.41, 5.74) is 24.5. The highest BCUT2D eigenvalue weighted by atomic mass is 32.2. The summed E-state index contributed by atoms with van der Waals surface area (Å²) in [5.74, 6) is 3.71. The Morgan fingerprint density at radius 1 is 0.301 bits per heavy atom. The fraction of sp³-hybridized carbons (Fsp3) is 0.0547. The van der Waals surface area contributed by atoms with Gasteiger partial charge in [0.1, 0.15) is 11.5 Å². The number of H-pyrrole nitrogens is 1. The molecule has 1 N–H and O–H groups in total. The number of sulfone groups is 1. The monoisotopic (exact) mass is 1940 g/mol. The first-order chi connectivity index (χ1) is 70.1. The van der Waals surface area contributed by atoms with Crippen LogP contribution in [0.4, 0.5) is 34.1 Å². The van der Waals surface area contributed by atoms with Gasteiger partial charge in [0.15, 0.2) is 30.6 Å². The van der Waals surface area contributed by atoms with Crippen LogP contribution in [-0.4, -0.2) is 52.6 Å². The second kappa shape index (κ2) is 44.4. The molecule has 0 atom stereocenters. The van der Waals surface area contributed by atoms with Gasteiger partial charge in [-0.15, -0.1) is 22.7 Å². The zero-order valence-corrected chi connectivity index (χ0v) is 84.8. The molecular formula is C128H106N7O3S4Si+. The second-order valence-electron chi connectivity index (χ2n) is 35.0. The van der Waals surface area contributed by atoms with E-state index in [1.165, 1.54) is 123 Å². The van der Waals surface area contributed by atoms with E-state index >= 15 is 0 Å². The Bertz CT molecular complexity index is 7840. The van der Waals surface area contributed by atoms with Crippen molar-refractivity contribution in [2.75, 3.05) is 35.8 Å². The molecule has 0 unspecified atom stereocenters. The smallest absolute Gasteiger partial charge is 0.292 e. The van der Waals surface area contributed by atoms with Crippen molar-refractivity contribution in [1.29, 1.82) is 0 Å². The van der Waals surface area contributed by atoms with E-state index in [0.29, 0.717) is 9.79 Å². The first-order valence-corrected chi connectivity index (χ1v) is 53.6. The fourth-order valence-corrected chi connectivity index (χ4v) is 27.9. The predicted octanol–water partition coefficient (Wildman–Crippen LogP) is 30.8. The summed E-state index contributed by atoms with van der Waals surface area (Å²) >= 11 is 5.54. The molecule has 10 nitrogen and oxygen atoms in total. The number of benzene rings is 18. The molecule has 22 aromatic rings. The summed E-state index contributed by atoms with van der Waals surface area (Å²) in [6, 6.07) is 175. The molecule has 3 aliphatic heterocycles. The number of aryl methyl sites for hydroxylation is 4. The Labute approximate surface area is 852 Å². The fourth-order valence-electron chi connectivity index (χ4n) is 18.2. The lowest BCUT2D eigenvalue weighted by Crippen LogP contribution is -2.74. The number of hydrogen-bond donors (Lipinski definition) is 1. The van der Waals surface area contributed by atoms with Crippen molar-refractivity contribution < 1.29 is 17.7 Å². The van der Waals surface area contributed by atoms with Gasteiger partial charge in [-0.25, -0.2) is 23.4 Å². The number of anilines is 6. The normalized spacial score (nSPS) is 12.0. The van der Waals surface area contributed by atoms with Crippen LogP contribution < -0.4 is 44.8 Å². The minimum atomic E-state index is -3.38. The number of ether oxygens (including phenoxy) is 1. The van der Waals surface area contributed by atoms with Gasteiger partial charge < -0.3 is 19.4 Å². The molecule has 0 saturated heterocycles. The van der Waals surface area contributed by atoms with Gasteiger partial charge >= 0.3 is 0 Å². The van der Waals surface area contributed by atoms with Gasteiger partial charge in [0.05, 0.1) is 55.2 Å². The number of nitrogens with one attached hydrogen (secondary N) is 1. The molecule has 0 spiro atoms. The van der Waals surface area contributed by atoms with Gasteiger partial charge in [-0.3, -0.25) is 0 Å². The molecule has 25 rings (SSSR count). The number of nitrogens with zero attached hydrogens (tertiary/aromatic N) is 6. The number of fused-ring (bicyclic) bond motifs is 7. The van der Waals surface area contributed by atoms with Crippen LogP contribution in [0.2, 0.25) is 0 Å². The molecule has 15 heteroatoms. The van der Waals surface area contributed by atoms with Crippen molar-refractivity contribution in [3.8, 4) is 92.7 Å². The maximum atomic E-state index is 12.4. The number of rotatable bonds is 12. The molecule has 0 fully saturated rings. The maximum Gasteiger partial charge on any atom is 0.292 e. The maximum absolute atomic E-state index is 12.4. The zero-order chi connectivity index (χ0) is 98.0. The number of hydrogen-bond acceptors (Lipinski definition) is 11. The van der Waals surface area contributed by atoms with Gasteiger partial charge in [-0.2, -0.15) is 4.57 Å². The number of aromatic nitrogens is 4. The molecule has 0 radical (unpaired) electrons. The van der Waals surface area contributed by atoms with Gasteiger partial charge in [-0.1, -0.05) is 392 Å². The average molecular weight is 1950 g/mol. The summed E-state index contributed by atoms with van der Waals surface area (Å²) in [6.45, 7) is 8.30. The van der Waals surface area contributed by atoms with Crippen LogP contribution in [0.3, 0.4) is 0 Å². The average Bonchev–Trinajstić information content (AvgIpc) is 1.70. The van der Waals surface area contributed by atoms with Crippen LogP contribution in [0.1, 0.15) is 22.5 Å². The quantitative estimate of drug-likeness (QED) is 0.0728. The Hall–Kier alpha value is -16.4. The summed E-state index contributed by atoms with van der Waals surface area (Å²) < 4.78 is 32.9. The van der Waals surface area contributed by atoms with E-state index in [9.17, 15) is 8.42 Å². The van der Waals surface area contributed by atoms with E-state index in [-0.39, 0.29) is 0 Å². The van der Waals surface area contributed by atoms with E-state index in [1.54, 1.807) is 24.3 Å². The van der Waals surface area contributed by atoms with Crippen molar-refractivity contribution in [3.05, 3.63) is 532 Å². The SMILES string of the molecule is CN1c2ccccc2Oc2ccccc21.CN1c2ccccc2S(=O)(=O)c2ccccc21.CN1c2ccccc2Sc2ccccc21.Cc1ccc(-c2[nH]c3ccccc3[n+]2-c2ccc(-c3ccccc3)cc2)cc1.Cc1ccc(-c2ccc(-c3ccccc3)s2)cc1.Cc1cccc(-c2ccc(-c3ccccc3)s2)c1.Cc1nccc(-c2ccc([Si](c3ccccc3)(c3ccccc3)c3ccccc3)cc2)n1. The summed E-state index contributed by atoms with van der Waals surface area (Å²) in [6.07, 6.45) is 1.82. The third-order valence-corrected chi connectivity index (χ3v) is 35.7. The molecule has 143 heavy (non-hydrogen) atoms. The van der Waals surface area contributed by atoms with Crippen molar-refractivity contribution in [3.63, 3.8) is 0 Å². The van der Waals surface area contributed by atoms with E-state index in [1.807, 2.05) is 132 Å². The first kappa shape index (κ1) is 95.5. The highest BCUT2D eigenvalue weighted by molar-refractivity contribution is 7.99. The zero-order valence-electron chi connectivity index (χ0n) is 80.5. The molecule has 0 aliphatic carbocycles. The van der Waals surface area contributed by atoms with Crippen molar-refractivity contribution in [1.82, 2.24) is 15.0 Å². The predicted molar refractivity (Wildman–Crippen MR) is 604 cm³/mol. The van der Waals surface area contributed by atoms with Gasteiger partial charge in [0, 0.05) is 62.2 Å². The lowest BCUT2D eigenvalue weighted by atomic mass is 10.1. The molecule has 0 amide bonds. The third kappa shape index (κ3) is 21.5. The van der Waals surface area contributed by atoms with Gasteiger partial charge in [0.2, 0.25) is 9.84 Å².